The van der Waals surface area contributed by atoms with Crippen LogP contribution in [0.4, 0.5) is 0 Å². The van der Waals surface area contributed by atoms with Crippen molar-refractivity contribution in [3.63, 3.8) is 0 Å². The zero-order chi connectivity index (χ0) is 8.85. The van der Waals surface area contributed by atoms with Crippen molar-refractivity contribution in [3.05, 3.63) is 11.8 Å². The van der Waals surface area contributed by atoms with Crippen molar-refractivity contribution in [1.82, 2.24) is 4.90 Å². The topological polar surface area (TPSA) is 20.3 Å². The molecule has 0 atom stereocenters. The lowest BCUT2D eigenvalue weighted by atomic mass is 10.1. The van der Waals surface area contributed by atoms with E-state index in [0.29, 0.717) is 5.92 Å². The third kappa shape index (κ3) is 5.64. The van der Waals surface area contributed by atoms with Crippen LogP contribution in [0.5, 0.6) is 0 Å². The van der Waals surface area contributed by atoms with Crippen LogP contribution in [0.2, 0.25) is 0 Å². The first-order chi connectivity index (χ1) is 5.06. The van der Waals surface area contributed by atoms with Crippen LogP contribution in [0.15, 0.2) is 11.8 Å². The third-order valence-corrected chi connectivity index (χ3v) is 1.22. The van der Waals surface area contributed by atoms with Gasteiger partial charge in [0.05, 0.1) is 0 Å². The summed E-state index contributed by atoms with van der Waals surface area (Å²) in [5.74, 6) is 0.548. The minimum atomic E-state index is 0.548. The Bertz CT molecular complexity index is 148. The van der Waals surface area contributed by atoms with Gasteiger partial charge in [-0.3, -0.25) is 4.79 Å². The predicted molar refractivity (Wildman–Crippen MR) is 47.3 cm³/mol. The molecule has 0 heterocycles. The molecule has 0 saturated carbocycles. The molecule has 64 valence electrons. The van der Waals surface area contributed by atoms with Crippen LogP contribution in [0.25, 0.3) is 0 Å². The van der Waals surface area contributed by atoms with E-state index in [9.17, 15) is 4.79 Å². The van der Waals surface area contributed by atoms with Gasteiger partial charge in [0.2, 0.25) is 0 Å². The van der Waals surface area contributed by atoms with Gasteiger partial charge in [-0.05, 0) is 12.3 Å². The highest BCUT2D eigenvalue weighted by atomic mass is 16.1. The highest BCUT2D eigenvalue weighted by Gasteiger charge is 1.99. The molecule has 0 bridgehead atoms. The molecule has 2 heteroatoms. The average molecular weight is 155 g/mol. The molecule has 0 aliphatic heterocycles. The smallest absolute Gasteiger partial charge is 0.147 e. The Morgan fingerprint density at radius 3 is 2.27 bits per heavy atom. The highest BCUT2D eigenvalue weighted by Crippen LogP contribution is 2.08. The zero-order valence-electron chi connectivity index (χ0n) is 7.79. The SMILES string of the molecule is CC(C)CC(C=O)=CN(C)C. The standard InChI is InChI=1S/C9H17NO/c1-8(2)5-9(7-11)6-10(3)4/h6-8H,5H2,1-4H3. The van der Waals surface area contributed by atoms with Gasteiger partial charge in [-0.2, -0.15) is 0 Å². The van der Waals surface area contributed by atoms with Crippen molar-refractivity contribution >= 4 is 6.29 Å². The number of allylic oxidation sites excluding steroid dienone is 1. The van der Waals surface area contributed by atoms with E-state index in [1.807, 2.05) is 25.2 Å². The Hall–Kier alpha value is -0.790. The van der Waals surface area contributed by atoms with Gasteiger partial charge >= 0.3 is 0 Å². The monoisotopic (exact) mass is 155 g/mol. The summed E-state index contributed by atoms with van der Waals surface area (Å²) in [5.41, 5.74) is 0.866. The summed E-state index contributed by atoms with van der Waals surface area (Å²) in [6.45, 7) is 4.21. The van der Waals surface area contributed by atoms with E-state index in [1.165, 1.54) is 0 Å². The third-order valence-electron chi connectivity index (χ3n) is 1.22. The van der Waals surface area contributed by atoms with Gasteiger partial charge in [0.1, 0.15) is 6.29 Å². The molecule has 0 spiro atoms. The molecule has 11 heavy (non-hydrogen) atoms. The fourth-order valence-corrected chi connectivity index (χ4v) is 0.934. The molecule has 0 saturated heterocycles. The lowest BCUT2D eigenvalue weighted by Gasteiger charge is -2.08. The molecule has 0 aliphatic rings. The fourth-order valence-electron chi connectivity index (χ4n) is 0.934. The molecular formula is C9H17NO. The minimum Gasteiger partial charge on any atom is -0.383 e. The normalized spacial score (nSPS) is 11.9. The summed E-state index contributed by atoms with van der Waals surface area (Å²) in [7, 11) is 3.84. The number of aldehydes is 1. The van der Waals surface area contributed by atoms with Crippen molar-refractivity contribution < 1.29 is 4.79 Å². The van der Waals surface area contributed by atoms with Gasteiger partial charge in [-0.25, -0.2) is 0 Å². The lowest BCUT2D eigenvalue weighted by molar-refractivity contribution is -0.105. The molecule has 0 aromatic carbocycles. The summed E-state index contributed by atoms with van der Waals surface area (Å²) in [5, 5.41) is 0. The van der Waals surface area contributed by atoms with Gasteiger partial charge < -0.3 is 4.90 Å². The van der Waals surface area contributed by atoms with Crippen molar-refractivity contribution in [2.75, 3.05) is 14.1 Å². The Kier molecular flexibility index (Phi) is 4.59. The first kappa shape index (κ1) is 10.2. The molecule has 0 amide bonds. The van der Waals surface area contributed by atoms with E-state index in [-0.39, 0.29) is 0 Å². The predicted octanol–water partition coefficient (Wildman–Crippen LogP) is 1.68. The first-order valence-electron chi connectivity index (χ1n) is 3.88. The van der Waals surface area contributed by atoms with Crippen LogP contribution in [-0.2, 0) is 4.79 Å². The van der Waals surface area contributed by atoms with Gasteiger partial charge in [-0.15, -0.1) is 0 Å². The number of hydrogen-bond donors (Lipinski definition) is 0. The molecule has 2 nitrogen and oxygen atoms in total. The molecule has 0 N–H and O–H groups in total. The Morgan fingerprint density at radius 1 is 1.45 bits per heavy atom. The van der Waals surface area contributed by atoms with E-state index < -0.39 is 0 Å². The van der Waals surface area contributed by atoms with E-state index in [4.69, 9.17) is 0 Å². The number of carbonyl (C=O) groups is 1. The van der Waals surface area contributed by atoms with Crippen LogP contribution in [0.1, 0.15) is 20.3 Å². The molecule has 0 aliphatic carbocycles. The van der Waals surface area contributed by atoms with E-state index in [1.54, 1.807) is 0 Å². The van der Waals surface area contributed by atoms with Gasteiger partial charge in [0.25, 0.3) is 0 Å². The zero-order valence-corrected chi connectivity index (χ0v) is 7.79. The molecular weight excluding hydrogens is 138 g/mol. The Morgan fingerprint density at radius 2 is 2.00 bits per heavy atom. The highest BCUT2D eigenvalue weighted by molar-refractivity contribution is 5.72. The minimum absolute atomic E-state index is 0.548. The molecule has 0 unspecified atom stereocenters. The quantitative estimate of drug-likeness (QED) is 0.454. The van der Waals surface area contributed by atoms with Gasteiger partial charge in [-0.1, -0.05) is 13.8 Å². The summed E-state index contributed by atoms with van der Waals surface area (Å²) < 4.78 is 0. The van der Waals surface area contributed by atoms with Crippen molar-refractivity contribution in [2.45, 2.75) is 20.3 Å². The summed E-state index contributed by atoms with van der Waals surface area (Å²) in [4.78, 5) is 12.4. The Balaban J connectivity index is 4.05. The van der Waals surface area contributed by atoms with Crippen molar-refractivity contribution in [1.29, 1.82) is 0 Å². The average Bonchev–Trinajstić information content (AvgIpc) is 1.84. The summed E-state index contributed by atoms with van der Waals surface area (Å²) in [6, 6.07) is 0. The number of carbonyl (C=O) groups excluding carboxylic acids is 1. The molecule has 0 fully saturated rings. The van der Waals surface area contributed by atoms with Crippen molar-refractivity contribution in [2.24, 2.45) is 5.92 Å². The second-order valence-corrected chi connectivity index (χ2v) is 3.38. The second kappa shape index (κ2) is 4.94. The Labute approximate surface area is 68.9 Å². The van der Waals surface area contributed by atoms with Crippen LogP contribution in [-0.4, -0.2) is 25.3 Å². The second-order valence-electron chi connectivity index (χ2n) is 3.38. The maximum atomic E-state index is 10.5. The van der Waals surface area contributed by atoms with Gasteiger partial charge in [0, 0.05) is 25.9 Å². The molecule has 0 radical (unpaired) electrons. The molecule has 0 aromatic rings. The maximum absolute atomic E-state index is 10.5. The summed E-state index contributed by atoms with van der Waals surface area (Å²) >= 11 is 0. The fraction of sp³-hybridized carbons (Fsp3) is 0.667. The maximum Gasteiger partial charge on any atom is 0.147 e. The molecule has 0 aromatic heterocycles. The largest absolute Gasteiger partial charge is 0.383 e. The summed E-state index contributed by atoms with van der Waals surface area (Å²) in [6.07, 6.45) is 3.66. The van der Waals surface area contributed by atoms with Crippen LogP contribution in [0.3, 0.4) is 0 Å². The van der Waals surface area contributed by atoms with Crippen LogP contribution >= 0.6 is 0 Å². The van der Waals surface area contributed by atoms with Crippen LogP contribution in [0, 0.1) is 5.92 Å². The first-order valence-corrected chi connectivity index (χ1v) is 3.88. The van der Waals surface area contributed by atoms with Gasteiger partial charge in [0.15, 0.2) is 0 Å². The van der Waals surface area contributed by atoms with E-state index in [0.717, 1.165) is 18.3 Å². The number of nitrogens with zero attached hydrogens (tertiary/aromatic N) is 1. The van der Waals surface area contributed by atoms with E-state index in [2.05, 4.69) is 13.8 Å². The number of hydrogen-bond acceptors (Lipinski definition) is 2. The lowest BCUT2D eigenvalue weighted by Crippen LogP contribution is -2.05. The van der Waals surface area contributed by atoms with E-state index >= 15 is 0 Å². The molecule has 0 rings (SSSR count). The number of rotatable bonds is 4. The van der Waals surface area contributed by atoms with Crippen LogP contribution < -0.4 is 0 Å². The van der Waals surface area contributed by atoms with Crippen molar-refractivity contribution in [3.8, 4) is 0 Å².